The van der Waals surface area contributed by atoms with E-state index in [2.05, 4.69) is 23.5 Å². The van der Waals surface area contributed by atoms with E-state index in [4.69, 9.17) is 4.74 Å². The molecule has 1 atom stereocenters. The van der Waals surface area contributed by atoms with E-state index in [9.17, 15) is 0 Å². The fourth-order valence-electron chi connectivity index (χ4n) is 1.95. The van der Waals surface area contributed by atoms with E-state index in [0.29, 0.717) is 0 Å². The normalized spacial score (nSPS) is 17.1. The Kier molecular flexibility index (Phi) is 2.54. The van der Waals surface area contributed by atoms with Crippen LogP contribution in [0.1, 0.15) is 17.4 Å². The third-order valence-electron chi connectivity index (χ3n) is 2.79. The standard InChI is InChI=1S/C15H13NO/c1-2-7-13(8-3-1)17-15-14-9-5-4-6-12(14)10-11-16-15/h1-11,15-16H. The van der Waals surface area contributed by atoms with Crippen molar-refractivity contribution in [2.45, 2.75) is 6.23 Å². The Labute approximate surface area is 101 Å². The van der Waals surface area contributed by atoms with Gasteiger partial charge in [0.25, 0.3) is 0 Å². The van der Waals surface area contributed by atoms with Crippen LogP contribution in [-0.4, -0.2) is 0 Å². The molecule has 0 fully saturated rings. The highest BCUT2D eigenvalue weighted by Crippen LogP contribution is 2.25. The molecule has 2 aromatic carbocycles. The molecule has 1 aliphatic rings. The fraction of sp³-hybridized carbons (Fsp3) is 0.0667. The van der Waals surface area contributed by atoms with E-state index < -0.39 is 0 Å². The smallest absolute Gasteiger partial charge is 0.196 e. The first-order chi connectivity index (χ1) is 8.43. The van der Waals surface area contributed by atoms with E-state index >= 15 is 0 Å². The van der Waals surface area contributed by atoms with Gasteiger partial charge in [-0.3, -0.25) is 0 Å². The zero-order chi connectivity index (χ0) is 11.5. The minimum atomic E-state index is -0.112. The first-order valence-corrected chi connectivity index (χ1v) is 5.67. The summed E-state index contributed by atoms with van der Waals surface area (Å²) in [4.78, 5) is 0. The molecule has 17 heavy (non-hydrogen) atoms. The molecule has 0 radical (unpaired) electrons. The predicted octanol–water partition coefficient (Wildman–Crippen LogP) is 3.34. The predicted molar refractivity (Wildman–Crippen MR) is 68.4 cm³/mol. The molecule has 84 valence electrons. The SMILES string of the molecule is C1=Cc2ccccc2C(Oc2ccccc2)N1. The molecule has 2 aromatic rings. The van der Waals surface area contributed by atoms with Crippen molar-refractivity contribution in [1.82, 2.24) is 5.32 Å². The van der Waals surface area contributed by atoms with Crippen LogP contribution in [0.15, 0.2) is 60.8 Å². The van der Waals surface area contributed by atoms with Crippen LogP contribution in [0, 0.1) is 0 Å². The lowest BCUT2D eigenvalue weighted by Gasteiger charge is -2.24. The number of ether oxygens (including phenoxy) is 1. The van der Waals surface area contributed by atoms with Gasteiger partial charge in [0.15, 0.2) is 6.23 Å². The summed E-state index contributed by atoms with van der Waals surface area (Å²) in [6.07, 6.45) is 3.87. The second kappa shape index (κ2) is 4.34. The quantitative estimate of drug-likeness (QED) is 0.843. The Hall–Kier alpha value is -2.22. The van der Waals surface area contributed by atoms with Crippen molar-refractivity contribution in [3.63, 3.8) is 0 Å². The molecule has 2 heteroatoms. The Morgan fingerprint density at radius 2 is 1.65 bits per heavy atom. The average molecular weight is 223 g/mol. The van der Waals surface area contributed by atoms with Crippen molar-refractivity contribution in [1.29, 1.82) is 0 Å². The summed E-state index contributed by atoms with van der Waals surface area (Å²) >= 11 is 0. The summed E-state index contributed by atoms with van der Waals surface area (Å²) in [7, 11) is 0. The summed E-state index contributed by atoms with van der Waals surface area (Å²) in [6, 6.07) is 18.1. The number of para-hydroxylation sites is 1. The molecule has 1 heterocycles. The van der Waals surface area contributed by atoms with Gasteiger partial charge >= 0.3 is 0 Å². The van der Waals surface area contributed by atoms with Gasteiger partial charge < -0.3 is 10.1 Å². The van der Waals surface area contributed by atoms with Crippen LogP contribution >= 0.6 is 0 Å². The van der Waals surface area contributed by atoms with Crippen LogP contribution in [-0.2, 0) is 0 Å². The molecule has 0 aromatic heterocycles. The Morgan fingerprint density at radius 1 is 0.882 bits per heavy atom. The van der Waals surface area contributed by atoms with Crippen molar-refractivity contribution in [3.8, 4) is 5.75 Å². The lowest BCUT2D eigenvalue weighted by atomic mass is 10.0. The summed E-state index contributed by atoms with van der Waals surface area (Å²) < 4.78 is 5.92. The second-order valence-electron chi connectivity index (χ2n) is 3.94. The van der Waals surface area contributed by atoms with Crippen molar-refractivity contribution in [2.75, 3.05) is 0 Å². The lowest BCUT2D eigenvalue weighted by molar-refractivity contribution is 0.182. The summed E-state index contributed by atoms with van der Waals surface area (Å²) in [6.45, 7) is 0. The Bertz CT molecular complexity index is 534. The van der Waals surface area contributed by atoms with Gasteiger partial charge in [0.2, 0.25) is 0 Å². The zero-order valence-corrected chi connectivity index (χ0v) is 9.34. The number of hydrogen-bond donors (Lipinski definition) is 1. The molecule has 1 unspecified atom stereocenters. The third kappa shape index (κ3) is 2.02. The minimum Gasteiger partial charge on any atom is -0.466 e. The molecule has 0 aliphatic carbocycles. The third-order valence-corrected chi connectivity index (χ3v) is 2.79. The molecule has 3 rings (SSSR count). The highest BCUT2D eigenvalue weighted by atomic mass is 16.5. The summed E-state index contributed by atoms with van der Waals surface area (Å²) in [5.74, 6) is 0.870. The van der Waals surface area contributed by atoms with Crippen LogP contribution < -0.4 is 10.1 Å². The van der Waals surface area contributed by atoms with Gasteiger partial charge in [-0.05, 0) is 23.8 Å². The first-order valence-electron chi connectivity index (χ1n) is 5.67. The van der Waals surface area contributed by atoms with Crippen molar-refractivity contribution < 1.29 is 4.74 Å². The van der Waals surface area contributed by atoms with Crippen LogP contribution in [0.2, 0.25) is 0 Å². The molecular formula is C15H13NO. The van der Waals surface area contributed by atoms with E-state index in [1.165, 1.54) is 11.1 Å². The molecule has 1 aliphatic heterocycles. The van der Waals surface area contributed by atoms with Gasteiger partial charge in [0, 0.05) is 11.8 Å². The van der Waals surface area contributed by atoms with Gasteiger partial charge in [-0.25, -0.2) is 0 Å². The lowest BCUT2D eigenvalue weighted by Crippen LogP contribution is -2.24. The second-order valence-corrected chi connectivity index (χ2v) is 3.94. The van der Waals surface area contributed by atoms with Crippen LogP contribution in [0.5, 0.6) is 5.75 Å². The van der Waals surface area contributed by atoms with Gasteiger partial charge in [0.05, 0.1) is 0 Å². The first kappa shape index (κ1) is 9.97. The molecule has 0 saturated carbocycles. The van der Waals surface area contributed by atoms with Crippen LogP contribution in [0.3, 0.4) is 0 Å². The van der Waals surface area contributed by atoms with Crippen molar-refractivity contribution in [2.24, 2.45) is 0 Å². The monoisotopic (exact) mass is 223 g/mol. The highest BCUT2D eigenvalue weighted by molar-refractivity contribution is 5.56. The number of hydrogen-bond acceptors (Lipinski definition) is 2. The topological polar surface area (TPSA) is 21.3 Å². The summed E-state index contributed by atoms with van der Waals surface area (Å²) in [5, 5.41) is 3.22. The molecule has 1 N–H and O–H groups in total. The van der Waals surface area contributed by atoms with Gasteiger partial charge in [-0.15, -0.1) is 0 Å². The zero-order valence-electron chi connectivity index (χ0n) is 9.34. The van der Waals surface area contributed by atoms with Gasteiger partial charge in [-0.2, -0.15) is 0 Å². The van der Waals surface area contributed by atoms with Crippen LogP contribution in [0.4, 0.5) is 0 Å². The number of nitrogens with one attached hydrogen (secondary N) is 1. The maximum absolute atomic E-state index is 5.92. The van der Waals surface area contributed by atoms with Crippen LogP contribution in [0.25, 0.3) is 6.08 Å². The minimum absolute atomic E-state index is 0.112. The van der Waals surface area contributed by atoms with Crippen molar-refractivity contribution in [3.05, 3.63) is 71.9 Å². The molecule has 0 saturated heterocycles. The fourth-order valence-corrected chi connectivity index (χ4v) is 1.95. The largest absolute Gasteiger partial charge is 0.466 e. The highest BCUT2D eigenvalue weighted by Gasteiger charge is 2.16. The molecule has 0 bridgehead atoms. The Morgan fingerprint density at radius 3 is 2.53 bits per heavy atom. The molecular weight excluding hydrogens is 210 g/mol. The summed E-state index contributed by atoms with van der Waals surface area (Å²) in [5.41, 5.74) is 2.37. The van der Waals surface area contributed by atoms with Gasteiger partial charge in [0.1, 0.15) is 5.75 Å². The van der Waals surface area contributed by atoms with E-state index in [-0.39, 0.29) is 6.23 Å². The van der Waals surface area contributed by atoms with E-state index in [0.717, 1.165) is 5.75 Å². The molecule has 0 spiro atoms. The number of benzene rings is 2. The average Bonchev–Trinajstić information content (AvgIpc) is 2.40. The van der Waals surface area contributed by atoms with Crippen molar-refractivity contribution >= 4 is 6.08 Å². The maximum Gasteiger partial charge on any atom is 0.196 e. The Balaban J connectivity index is 1.88. The molecule has 2 nitrogen and oxygen atoms in total. The number of fused-ring (bicyclic) bond motifs is 1. The number of rotatable bonds is 2. The maximum atomic E-state index is 5.92. The van der Waals surface area contributed by atoms with Gasteiger partial charge in [-0.1, -0.05) is 42.5 Å². The van der Waals surface area contributed by atoms with E-state index in [1.807, 2.05) is 48.7 Å². The van der Waals surface area contributed by atoms with E-state index in [1.54, 1.807) is 0 Å². The molecule has 0 amide bonds.